The lowest BCUT2D eigenvalue weighted by molar-refractivity contribution is 0.438. The Kier molecular flexibility index (Phi) is 1.08. The van der Waals surface area contributed by atoms with Gasteiger partial charge < -0.3 is 0 Å². The van der Waals surface area contributed by atoms with Gasteiger partial charge in [-0.3, -0.25) is 0 Å². The van der Waals surface area contributed by atoms with Gasteiger partial charge in [0.25, 0.3) is 0 Å². The average molecular weight is 134 g/mol. The zero-order chi connectivity index (χ0) is 7.19. The van der Waals surface area contributed by atoms with Crippen LogP contribution in [-0.4, -0.2) is 0 Å². The van der Waals surface area contributed by atoms with Gasteiger partial charge >= 0.3 is 0 Å². The molecule has 10 heavy (non-hydrogen) atoms. The predicted octanol–water partition coefficient (Wildman–Crippen LogP) is 2.77. The molecule has 54 valence electrons. The van der Waals surface area contributed by atoms with Crippen molar-refractivity contribution in [3.05, 3.63) is 24.8 Å². The minimum atomic E-state index is 0.531. The summed E-state index contributed by atoms with van der Waals surface area (Å²) in [5, 5.41) is 0. The Hall–Kier alpha value is -0.520. The second kappa shape index (κ2) is 1.75. The first kappa shape index (κ1) is 6.21. The van der Waals surface area contributed by atoms with Crippen LogP contribution in [0.3, 0.4) is 0 Å². The van der Waals surface area contributed by atoms with Gasteiger partial charge in [-0.25, -0.2) is 0 Å². The average Bonchev–Trinajstić information content (AvgIpc) is 2.41. The molecule has 0 saturated heterocycles. The molecule has 0 heteroatoms. The normalized spacial score (nSPS) is 50.1. The van der Waals surface area contributed by atoms with E-state index in [4.69, 9.17) is 0 Å². The highest BCUT2D eigenvalue weighted by atomic mass is 14.5. The highest BCUT2D eigenvalue weighted by Gasteiger charge is 2.41. The molecule has 0 heterocycles. The SMILES string of the molecule is C=CC1CC2(C)C=CC1C2. The summed E-state index contributed by atoms with van der Waals surface area (Å²) in [5.41, 5.74) is 0.531. The summed E-state index contributed by atoms with van der Waals surface area (Å²) in [6.45, 7) is 6.21. The smallest absolute Gasteiger partial charge is 0.0135 e. The Bertz CT molecular complexity index is 190. The van der Waals surface area contributed by atoms with Crippen LogP contribution in [0.5, 0.6) is 0 Å². The molecule has 2 aliphatic carbocycles. The Balaban J connectivity index is 2.25. The highest BCUT2D eigenvalue weighted by Crippen LogP contribution is 2.52. The first-order chi connectivity index (χ1) is 4.73. The summed E-state index contributed by atoms with van der Waals surface area (Å²) in [6.07, 6.45) is 9.58. The van der Waals surface area contributed by atoms with Gasteiger partial charge in [0.05, 0.1) is 0 Å². The van der Waals surface area contributed by atoms with E-state index in [0.29, 0.717) is 5.41 Å². The van der Waals surface area contributed by atoms with Crippen LogP contribution in [0, 0.1) is 17.3 Å². The van der Waals surface area contributed by atoms with Gasteiger partial charge in [0.2, 0.25) is 0 Å². The Morgan fingerprint density at radius 3 is 2.70 bits per heavy atom. The van der Waals surface area contributed by atoms with E-state index in [2.05, 4.69) is 31.7 Å². The number of allylic oxidation sites excluding steroid dienone is 3. The fourth-order valence-corrected chi connectivity index (χ4v) is 2.42. The van der Waals surface area contributed by atoms with Crippen LogP contribution in [0.25, 0.3) is 0 Å². The van der Waals surface area contributed by atoms with Crippen LogP contribution >= 0.6 is 0 Å². The van der Waals surface area contributed by atoms with Gasteiger partial charge in [0, 0.05) is 0 Å². The van der Waals surface area contributed by atoms with Crippen molar-refractivity contribution in [3.8, 4) is 0 Å². The molecule has 2 rings (SSSR count). The van der Waals surface area contributed by atoms with Crippen LogP contribution in [0.4, 0.5) is 0 Å². The molecule has 0 radical (unpaired) electrons. The topological polar surface area (TPSA) is 0 Å². The van der Waals surface area contributed by atoms with E-state index in [9.17, 15) is 0 Å². The molecule has 2 aliphatic rings. The maximum absolute atomic E-state index is 3.86. The molecule has 0 nitrogen and oxygen atoms in total. The molecule has 0 aromatic heterocycles. The van der Waals surface area contributed by atoms with Crippen molar-refractivity contribution in [2.45, 2.75) is 19.8 Å². The second-order valence-corrected chi connectivity index (χ2v) is 3.98. The van der Waals surface area contributed by atoms with Crippen molar-refractivity contribution in [2.24, 2.45) is 17.3 Å². The van der Waals surface area contributed by atoms with Crippen LogP contribution < -0.4 is 0 Å². The van der Waals surface area contributed by atoms with Crippen molar-refractivity contribution in [3.63, 3.8) is 0 Å². The third-order valence-corrected chi connectivity index (χ3v) is 3.00. The van der Waals surface area contributed by atoms with E-state index in [0.717, 1.165) is 11.8 Å². The number of fused-ring (bicyclic) bond motifs is 2. The van der Waals surface area contributed by atoms with Crippen molar-refractivity contribution >= 4 is 0 Å². The van der Waals surface area contributed by atoms with E-state index in [1.54, 1.807) is 0 Å². The van der Waals surface area contributed by atoms with Gasteiger partial charge in [-0.1, -0.05) is 25.2 Å². The summed E-state index contributed by atoms with van der Waals surface area (Å²) >= 11 is 0. The molecule has 0 spiro atoms. The molecule has 2 bridgehead atoms. The third kappa shape index (κ3) is 0.681. The summed E-state index contributed by atoms with van der Waals surface area (Å²) in [4.78, 5) is 0. The van der Waals surface area contributed by atoms with Crippen LogP contribution in [-0.2, 0) is 0 Å². The van der Waals surface area contributed by atoms with Gasteiger partial charge in [0.1, 0.15) is 0 Å². The quantitative estimate of drug-likeness (QED) is 0.484. The summed E-state index contributed by atoms with van der Waals surface area (Å²) in [6, 6.07) is 0. The van der Waals surface area contributed by atoms with Crippen molar-refractivity contribution in [1.82, 2.24) is 0 Å². The maximum Gasteiger partial charge on any atom is -0.0135 e. The molecule has 0 aliphatic heterocycles. The maximum atomic E-state index is 3.86. The van der Waals surface area contributed by atoms with Crippen LogP contribution in [0.2, 0.25) is 0 Å². The van der Waals surface area contributed by atoms with Crippen molar-refractivity contribution < 1.29 is 0 Å². The number of hydrogen-bond donors (Lipinski definition) is 0. The molecule has 0 aromatic carbocycles. The summed E-state index contributed by atoms with van der Waals surface area (Å²) in [7, 11) is 0. The van der Waals surface area contributed by atoms with Crippen LogP contribution in [0.15, 0.2) is 24.8 Å². The number of hydrogen-bond acceptors (Lipinski definition) is 0. The third-order valence-electron chi connectivity index (χ3n) is 3.00. The van der Waals surface area contributed by atoms with Gasteiger partial charge in [-0.15, -0.1) is 6.58 Å². The second-order valence-electron chi connectivity index (χ2n) is 3.98. The fraction of sp³-hybridized carbons (Fsp3) is 0.600. The van der Waals surface area contributed by atoms with Gasteiger partial charge in [0.15, 0.2) is 0 Å². The zero-order valence-electron chi connectivity index (χ0n) is 6.51. The molecule has 3 unspecified atom stereocenters. The predicted molar refractivity (Wildman–Crippen MR) is 43.7 cm³/mol. The standard InChI is InChI=1S/C10H14/c1-3-8-6-10(2)5-4-9(8)7-10/h3-5,8-9H,1,6-7H2,2H3. The Morgan fingerprint density at radius 2 is 2.40 bits per heavy atom. The van der Waals surface area contributed by atoms with Gasteiger partial charge in [-0.2, -0.15) is 0 Å². The van der Waals surface area contributed by atoms with Crippen molar-refractivity contribution in [1.29, 1.82) is 0 Å². The molecular weight excluding hydrogens is 120 g/mol. The molecule has 0 N–H and O–H groups in total. The Labute approximate surface area is 62.6 Å². The minimum absolute atomic E-state index is 0.531. The molecule has 0 amide bonds. The van der Waals surface area contributed by atoms with E-state index < -0.39 is 0 Å². The lowest BCUT2D eigenvalue weighted by atomic mass is 9.87. The van der Waals surface area contributed by atoms with Gasteiger partial charge in [-0.05, 0) is 30.1 Å². The molecule has 1 fully saturated rings. The monoisotopic (exact) mass is 134 g/mol. The zero-order valence-corrected chi connectivity index (χ0v) is 6.51. The van der Waals surface area contributed by atoms with E-state index >= 15 is 0 Å². The highest BCUT2D eigenvalue weighted by molar-refractivity contribution is 5.18. The van der Waals surface area contributed by atoms with Crippen LogP contribution in [0.1, 0.15) is 19.8 Å². The molecular formula is C10H14. The molecule has 0 aromatic rings. The summed E-state index contributed by atoms with van der Waals surface area (Å²) < 4.78 is 0. The first-order valence-corrected chi connectivity index (χ1v) is 4.05. The van der Waals surface area contributed by atoms with Crippen molar-refractivity contribution in [2.75, 3.05) is 0 Å². The largest absolute Gasteiger partial charge is 0.103 e. The fourth-order valence-electron chi connectivity index (χ4n) is 2.42. The van der Waals surface area contributed by atoms with E-state index in [-0.39, 0.29) is 0 Å². The van der Waals surface area contributed by atoms with E-state index in [1.807, 2.05) is 0 Å². The molecule has 3 atom stereocenters. The minimum Gasteiger partial charge on any atom is -0.103 e. The lowest BCUT2D eigenvalue weighted by Crippen LogP contribution is -2.08. The first-order valence-electron chi connectivity index (χ1n) is 4.05. The molecule has 1 saturated carbocycles. The number of rotatable bonds is 1. The Morgan fingerprint density at radius 1 is 1.60 bits per heavy atom. The lowest BCUT2D eigenvalue weighted by Gasteiger charge is -2.18. The van der Waals surface area contributed by atoms with E-state index in [1.165, 1.54) is 12.8 Å². The summed E-state index contributed by atoms with van der Waals surface area (Å²) in [5.74, 6) is 1.59.